The molecular formula is C21H25NO6. The number of amides is 1. The Labute approximate surface area is 164 Å². The van der Waals surface area contributed by atoms with Crippen LogP contribution in [0.3, 0.4) is 0 Å². The second kappa shape index (κ2) is 10.2. The molecule has 0 aliphatic heterocycles. The number of hydrogen-bond acceptors (Lipinski definition) is 6. The molecule has 0 aromatic heterocycles. The van der Waals surface area contributed by atoms with E-state index < -0.39 is 5.97 Å². The number of benzene rings is 2. The fourth-order valence-electron chi connectivity index (χ4n) is 2.69. The van der Waals surface area contributed by atoms with E-state index in [9.17, 15) is 9.59 Å². The highest BCUT2D eigenvalue weighted by molar-refractivity contribution is 5.94. The number of nitrogens with zero attached hydrogens (tertiary/aromatic N) is 1. The van der Waals surface area contributed by atoms with Crippen LogP contribution in [-0.2, 0) is 16.1 Å². The summed E-state index contributed by atoms with van der Waals surface area (Å²) in [5, 5.41) is 0. The predicted octanol–water partition coefficient (Wildman–Crippen LogP) is 2.92. The Morgan fingerprint density at radius 1 is 0.893 bits per heavy atom. The van der Waals surface area contributed by atoms with Gasteiger partial charge in [-0.3, -0.25) is 4.79 Å². The first-order valence-electron chi connectivity index (χ1n) is 8.82. The minimum Gasteiger partial charge on any atom is -0.496 e. The highest BCUT2D eigenvalue weighted by Gasteiger charge is 2.18. The lowest BCUT2D eigenvalue weighted by Crippen LogP contribution is -2.34. The van der Waals surface area contributed by atoms with Gasteiger partial charge in [0, 0.05) is 13.1 Å². The molecule has 0 bridgehead atoms. The molecule has 0 unspecified atom stereocenters. The summed E-state index contributed by atoms with van der Waals surface area (Å²) in [6, 6.07) is 12.2. The summed E-state index contributed by atoms with van der Waals surface area (Å²) in [5.41, 5.74) is 1.16. The number of esters is 1. The van der Waals surface area contributed by atoms with Crippen molar-refractivity contribution in [2.45, 2.75) is 13.5 Å². The van der Waals surface area contributed by atoms with Gasteiger partial charge < -0.3 is 23.8 Å². The molecule has 2 aromatic carbocycles. The largest absolute Gasteiger partial charge is 0.496 e. The molecule has 0 saturated carbocycles. The summed E-state index contributed by atoms with van der Waals surface area (Å²) in [7, 11) is 4.59. The summed E-state index contributed by atoms with van der Waals surface area (Å²) in [6.07, 6.45) is 0. The molecule has 7 nitrogen and oxygen atoms in total. The second-order valence-electron chi connectivity index (χ2n) is 5.87. The minimum atomic E-state index is -0.604. The molecule has 0 atom stereocenters. The van der Waals surface area contributed by atoms with Gasteiger partial charge in [-0.15, -0.1) is 0 Å². The maximum absolute atomic E-state index is 12.5. The van der Waals surface area contributed by atoms with Crippen LogP contribution in [0.4, 0.5) is 0 Å². The lowest BCUT2D eigenvalue weighted by atomic mass is 10.2. The van der Waals surface area contributed by atoms with Crippen molar-refractivity contribution >= 4 is 11.9 Å². The van der Waals surface area contributed by atoms with Gasteiger partial charge in [0.15, 0.2) is 18.1 Å². The molecule has 0 N–H and O–H groups in total. The highest BCUT2D eigenvalue weighted by atomic mass is 16.5. The normalized spacial score (nSPS) is 10.1. The second-order valence-corrected chi connectivity index (χ2v) is 5.87. The van der Waals surface area contributed by atoms with Gasteiger partial charge >= 0.3 is 5.97 Å². The Morgan fingerprint density at radius 3 is 2.21 bits per heavy atom. The number of para-hydroxylation sites is 1. The van der Waals surface area contributed by atoms with E-state index in [1.54, 1.807) is 49.5 Å². The molecule has 28 heavy (non-hydrogen) atoms. The van der Waals surface area contributed by atoms with Crippen LogP contribution < -0.4 is 14.2 Å². The average Bonchev–Trinajstić information content (AvgIpc) is 2.75. The number of rotatable bonds is 9. The van der Waals surface area contributed by atoms with Crippen molar-refractivity contribution in [1.29, 1.82) is 0 Å². The first kappa shape index (κ1) is 21.1. The maximum atomic E-state index is 12.5. The van der Waals surface area contributed by atoms with Crippen molar-refractivity contribution in [2.24, 2.45) is 0 Å². The Kier molecular flexibility index (Phi) is 7.68. The summed E-state index contributed by atoms with van der Waals surface area (Å²) in [5.74, 6) is 0.712. The third-order valence-corrected chi connectivity index (χ3v) is 4.21. The summed E-state index contributed by atoms with van der Waals surface area (Å²) in [6.45, 7) is 2.35. The third-order valence-electron chi connectivity index (χ3n) is 4.21. The van der Waals surface area contributed by atoms with Gasteiger partial charge in [-0.2, -0.15) is 0 Å². The van der Waals surface area contributed by atoms with Crippen LogP contribution in [0.5, 0.6) is 17.2 Å². The fourth-order valence-corrected chi connectivity index (χ4v) is 2.69. The van der Waals surface area contributed by atoms with Gasteiger partial charge in [0.25, 0.3) is 5.91 Å². The number of methoxy groups -OCH3 is 3. The molecule has 150 valence electrons. The summed E-state index contributed by atoms with van der Waals surface area (Å²) < 4.78 is 20.8. The fraction of sp³-hybridized carbons (Fsp3) is 0.333. The van der Waals surface area contributed by atoms with Crippen LogP contribution in [0, 0.1) is 0 Å². The average molecular weight is 387 g/mol. The van der Waals surface area contributed by atoms with Crippen LogP contribution in [0.2, 0.25) is 0 Å². The van der Waals surface area contributed by atoms with E-state index >= 15 is 0 Å². The molecule has 0 saturated heterocycles. The molecule has 0 fully saturated rings. The molecule has 0 aliphatic rings. The first-order chi connectivity index (χ1) is 13.5. The quantitative estimate of drug-likeness (QED) is 0.616. The Bertz CT molecular complexity index is 820. The molecule has 2 rings (SSSR count). The van der Waals surface area contributed by atoms with Crippen molar-refractivity contribution in [3.8, 4) is 17.2 Å². The zero-order valence-electron chi connectivity index (χ0n) is 16.6. The first-order valence-corrected chi connectivity index (χ1v) is 8.82. The molecular weight excluding hydrogens is 362 g/mol. The van der Waals surface area contributed by atoms with E-state index in [2.05, 4.69) is 0 Å². The van der Waals surface area contributed by atoms with Crippen molar-refractivity contribution in [3.05, 3.63) is 53.6 Å². The van der Waals surface area contributed by atoms with Gasteiger partial charge in [0.1, 0.15) is 11.3 Å². The lowest BCUT2D eigenvalue weighted by Gasteiger charge is -2.21. The Balaban J connectivity index is 2.01. The van der Waals surface area contributed by atoms with Gasteiger partial charge in [-0.1, -0.05) is 18.2 Å². The van der Waals surface area contributed by atoms with Gasteiger partial charge in [0.05, 0.1) is 21.3 Å². The van der Waals surface area contributed by atoms with E-state index in [4.69, 9.17) is 18.9 Å². The van der Waals surface area contributed by atoms with Gasteiger partial charge in [0.2, 0.25) is 0 Å². The lowest BCUT2D eigenvalue weighted by molar-refractivity contribution is -0.134. The third kappa shape index (κ3) is 5.16. The van der Waals surface area contributed by atoms with Crippen molar-refractivity contribution in [3.63, 3.8) is 0 Å². The summed E-state index contributed by atoms with van der Waals surface area (Å²) in [4.78, 5) is 26.4. The van der Waals surface area contributed by atoms with Crippen molar-refractivity contribution in [1.82, 2.24) is 4.90 Å². The van der Waals surface area contributed by atoms with E-state index in [0.29, 0.717) is 30.3 Å². The number of carbonyl (C=O) groups excluding carboxylic acids is 2. The predicted molar refractivity (Wildman–Crippen MR) is 104 cm³/mol. The number of carbonyl (C=O) groups is 2. The Hall–Kier alpha value is -3.22. The molecule has 0 spiro atoms. The van der Waals surface area contributed by atoms with E-state index in [1.807, 2.05) is 19.1 Å². The maximum Gasteiger partial charge on any atom is 0.342 e. The van der Waals surface area contributed by atoms with Crippen molar-refractivity contribution in [2.75, 3.05) is 34.5 Å². The van der Waals surface area contributed by atoms with Crippen molar-refractivity contribution < 1.29 is 28.5 Å². The monoisotopic (exact) mass is 387 g/mol. The van der Waals surface area contributed by atoms with E-state index in [1.165, 1.54) is 7.11 Å². The molecule has 0 radical (unpaired) electrons. The highest BCUT2D eigenvalue weighted by Crippen LogP contribution is 2.28. The number of likely N-dealkylation sites (N-methyl/N-ethyl adjacent to an activating group) is 1. The van der Waals surface area contributed by atoms with E-state index in [0.717, 1.165) is 5.56 Å². The smallest absolute Gasteiger partial charge is 0.342 e. The van der Waals surface area contributed by atoms with Gasteiger partial charge in [-0.05, 0) is 36.8 Å². The zero-order chi connectivity index (χ0) is 20.5. The van der Waals surface area contributed by atoms with Crippen LogP contribution in [-0.4, -0.2) is 51.3 Å². The summed E-state index contributed by atoms with van der Waals surface area (Å²) >= 11 is 0. The molecule has 1 amide bonds. The SMILES string of the molecule is CCN(Cc1ccc(OC)c(OC)c1)C(=O)COC(=O)c1ccccc1OC. The van der Waals surface area contributed by atoms with E-state index in [-0.39, 0.29) is 18.1 Å². The van der Waals surface area contributed by atoms with Gasteiger partial charge in [-0.25, -0.2) is 4.79 Å². The van der Waals surface area contributed by atoms with Crippen LogP contribution in [0.25, 0.3) is 0 Å². The number of hydrogen-bond donors (Lipinski definition) is 0. The molecule has 0 aliphatic carbocycles. The molecule has 7 heteroatoms. The molecule has 0 heterocycles. The Morgan fingerprint density at radius 2 is 1.57 bits per heavy atom. The number of ether oxygens (including phenoxy) is 4. The van der Waals surface area contributed by atoms with Crippen LogP contribution >= 0.6 is 0 Å². The van der Waals surface area contributed by atoms with Crippen LogP contribution in [0.1, 0.15) is 22.8 Å². The molecule has 2 aromatic rings. The standard InChI is InChI=1S/C21H25NO6/c1-5-22(13-15-10-11-18(26-3)19(12-15)27-4)20(23)14-28-21(24)16-8-6-7-9-17(16)25-2/h6-12H,5,13-14H2,1-4H3. The van der Waals surface area contributed by atoms with Crippen LogP contribution in [0.15, 0.2) is 42.5 Å². The topological polar surface area (TPSA) is 74.3 Å². The minimum absolute atomic E-state index is 0.278. The zero-order valence-corrected chi connectivity index (χ0v) is 16.6.